The molecule has 0 aliphatic rings. The van der Waals surface area contributed by atoms with Gasteiger partial charge in [0.25, 0.3) is 35.0 Å². The van der Waals surface area contributed by atoms with Gasteiger partial charge in [0.2, 0.25) is 0 Å². The maximum Gasteiger partial charge on any atom is 0.290 e. The zero-order valence-corrected chi connectivity index (χ0v) is 39.8. The molecular weight excluding hydrogens is 1160 g/mol. The first-order valence-electron chi connectivity index (χ1n) is 17.2. The molecule has 0 N–H and O–H groups in total. The average Bonchev–Trinajstić information content (AvgIpc) is 3.25. The molecule has 0 atom stereocenters. The van der Waals surface area contributed by atoms with Crippen LogP contribution in [0.4, 0.5) is 0 Å². The standard InChI is InChI=1S/2C21H12Br3N3O3/c2*22-13-1-7-16(8-2-13)28-19-20(29-17-9-3-14(23)4-10-17)25-27-26-21(19)30-18-11-5-15(24)6-12-18/h2*1-12H. The largest absolute Gasteiger partial charge is 0.446 e. The lowest BCUT2D eigenvalue weighted by molar-refractivity contribution is 0.354. The second-order valence-electron chi connectivity index (χ2n) is 11.8. The van der Waals surface area contributed by atoms with Gasteiger partial charge in [-0.25, -0.2) is 0 Å². The maximum atomic E-state index is 6.03. The smallest absolute Gasteiger partial charge is 0.290 e. The van der Waals surface area contributed by atoms with Gasteiger partial charge in [0, 0.05) is 26.8 Å². The monoisotopic (exact) mass is 1180 g/mol. The van der Waals surface area contributed by atoms with Gasteiger partial charge in [-0.3, -0.25) is 0 Å². The summed E-state index contributed by atoms with van der Waals surface area (Å²) in [7, 11) is 0. The van der Waals surface area contributed by atoms with Gasteiger partial charge in [0.1, 0.15) is 34.5 Å². The van der Waals surface area contributed by atoms with Crippen LogP contribution < -0.4 is 28.4 Å². The van der Waals surface area contributed by atoms with E-state index in [2.05, 4.69) is 126 Å². The lowest BCUT2D eigenvalue weighted by atomic mass is 10.3. The van der Waals surface area contributed by atoms with Crippen LogP contribution in [0.25, 0.3) is 0 Å². The Kier molecular flexibility index (Phi) is 15.1. The summed E-state index contributed by atoms with van der Waals surface area (Å²) in [4.78, 5) is 0. The van der Waals surface area contributed by atoms with E-state index in [9.17, 15) is 0 Å². The zero-order valence-electron chi connectivity index (χ0n) is 30.3. The van der Waals surface area contributed by atoms with E-state index in [0.717, 1.165) is 26.8 Å². The van der Waals surface area contributed by atoms with Gasteiger partial charge >= 0.3 is 0 Å². The molecule has 2 heterocycles. The second kappa shape index (κ2) is 21.0. The number of hydrogen-bond acceptors (Lipinski definition) is 12. The summed E-state index contributed by atoms with van der Waals surface area (Å²) < 4.78 is 41.3. The molecule has 2 aromatic heterocycles. The summed E-state index contributed by atoms with van der Waals surface area (Å²) in [6.07, 6.45) is 0. The Balaban J connectivity index is 0.000000181. The third-order valence-electron chi connectivity index (χ3n) is 7.50. The molecule has 60 heavy (non-hydrogen) atoms. The third kappa shape index (κ3) is 12.5. The van der Waals surface area contributed by atoms with Crippen molar-refractivity contribution in [2.75, 3.05) is 0 Å². The molecule has 0 bridgehead atoms. The highest BCUT2D eigenvalue weighted by atomic mass is 79.9. The summed E-state index contributed by atoms with van der Waals surface area (Å²) in [5, 5.41) is 23.6. The van der Waals surface area contributed by atoms with Crippen LogP contribution in [-0.4, -0.2) is 30.8 Å². The maximum absolute atomic E-state index is 6.03. The highest BCUT2D eigenvalue weighted by Gasteiger charge is 2.22. The zero-order chi connectivity index (χ0) is 41.8. The highest BCUT2D eigenvalue weighted by molar-refractivity contribution is 9.11. The molecule has 0 saturated heterocycles. The van der Waals surface area contributed by atoms with Gasteiger partial charge < -0.3 is 28.4 Å². The first-order valence-corrected chi connectivity index (χ1v) is 22.0. The molecule has 0 amide bonds. The molecule has 0 fully saturated rings. The summed E-state index contributed by atoms with van der Waals surface area (Å²) >= 11 is 20.4. The number of aromatic nitrogens is 6. The number of halogens is 6. The van der Waals surface area contributed by atoms with Crippen LogP contribution in [0.2, 0.25) is 0 Å². The molecular formula is C42H24Br6N6O6. The van der Waals surface area contributed by atoms with Gasteiger partial charge in [-0.2, -0.15) is 0 Å². The molecule has 18 heteroatoms. The molecule has 0 radical (unpaired) electrons. The molecule has 0 spiro atoms. The minimum Gasteiger partial charge on any atom is -0.446 e. The van der Waals surface area contributed by atoms with Crippen LogP contribution >= 0.6 is 95.6 Å². The summed E-state index contributed by atoms with van der Waals surface area (Å²) in [6, 6.07) is 43.9. The van der Waals surface area contributed by atoms with Crippen molar-refractivity contribution in [3.8, 4) is 69.5 Å². The Hall–Kier alpha value is -4.98. The first kappa shape index (κ1) is 43.1. The van der Waals surface area contributed by atoms with E-state index in [0.29, 0.717) is 34.5 Å². The van der Waals surface area contributed by atoms with Crippen LogP contribution in [0.1, 0.15) is 0 Å². The van der Waals surface area contributed by atoms with Crippen molar-refractivity contribution in [2.45, 2.75) is 0 Å². The van der Waals surface area contributed by atoms with Crippen LogP contribution in [0.3, 0.4) is 0 Å². The van der Waals surface area contributed by atoms with E-state index in [4.69, 9.17) is 28.4 Å². The van der Waals surface area contributed by atoms with Crippen molar-refractivity contribution in [2.24, 2.45) is 0 Å². The third-order valence-corrected chi connectivity index (χ3v) is 10.7. The second-order valence-corrected chi connectivity index (χ2v) is 17.3. The topological polar surface area (TPSA) is 133 Å². The van der Waals surface area contributed by atoms with E-state index in [1.807, 2.05) is 72.8 Å². The van der Waals surface area contributed by atoms with E-state index in [1.54, 1.807) is 72.8 Å². The first-order chi connectivity index (χ1) is 29.1. The Morgan fingerprint density at radius 2 is 0.400 bits per heavy atom. The normalized spacial score (nSPS) is 10.5. The fourth-order valence-corrected chi connectivity index (χ4v) is 6.30. The van der Waals surface area contributed by atoms with Crippen LogP contribution in [-0.2, 0) is 0 Å². The predicted octanol–water partition coefficient (Wildman–Crippen LogP) is 15.1. The van der Waals surface area contributed by atoms with Gasteiger partial charge in [0.05, 0.1) is 0 Å². The molecule has 6 aromatic carbocycles. The quantitative estimate of drug-likeness (QED) is 0.115. The Labute approximate surface area is 393 Å². The SMILES string of the molecule is Brc1ccc(Oc2nnnc(Oc3ccc(Br)cc3)c2Oc2ccc(Br)cc2)cc1.Brc1ccc(Oc2nnnc(Oc3ccc(Br)cc3)c2Oc2ccc(Br)cc2)cc1. The number of hydrogen-bond donors (Lipinski definition) is 0. The fraction of sp³-hybridized carbons (Fsp3) is 0. The molecule has 8 aromatic rings. The van der Waals surface area contributed by atoms with E-state index in [1.165, 1.54) is 0 Å². The van der Waals surface area contributed by atoms with Gasteiger partial charge in [0.15, 0.2) is 0 Å². The molecule has 0 aliphatic carbocycles. The van der Waals surface area contributed by atoms with Gasteiger partial charge in [-0.1, -0.05) is 116 Å². The van der Waals surface area contributed by atoms with Crippen molar-refractivity contribution < 1.29 is 28.4 Å². The van der Waals surface area contributed by atoms with E-state index in [-0.39, 0.29) is 35.0 Å². The summed E-state index contributed by atoms with van der Waals surface area (Å²) in [5.74, 6) is 4.31. The Morgan fingerprint density at radius 1 is 0.233 bits per heavy atom. The minimum atomic E-state index is 0.127. The van der Waals surface area contributed by atoms with Gasteiger partial charge in [-0.15, -0.1) is 0 Å². The summed E-state index contributed by atoms with van der Waals surface area (Å²) in [6.45, 7) is 0. The number of rotatable bonds is 12. The molecule has 0 saturated carbocycles. The van der Waals surface area contributed by atoms with E-state index < -0.39 is 0 Å². The number of benzene rings is 6. The predicted molar refractivity (Wildman–Crippen MR) is 245 cm³/mol. The van der Waals surface area contributed by atoms with Crippen molar-refractivity contribution in [1.82, 2.24) is 30.8 Å². The minimum absolute atomic E-state index is 0.127. The average molecular weight is 1190 g/mol. The van der Waals surface area contributed by atoms with Crippen molar-refractivity contribution in [3.63, 3.8) is 0 Å². The van der Waals surface area contributed by atoms with Crippen LogP contribution in [0.5, 0.6) is 69.5 Å². The van der Waals surface area contributed by atoms with E-state index >= 15 is 0 Å². The molecule has 8 rings (SSSR count). The number of nitrogens with zero attached hydrogens (tertiary/aromatic N) is 6. The van der Waals surface area contributed by atoms with Crippen LogP contribution in [0, 0.1) is 0 Å². The highest BCUT2D eigenvalue weighted by Crippen LogP contribution is 2.42. The van der Waals surface area contributed by atoms with Gasteiger partial charge in [-0.05, 0) is 156 Å². The van der Waals surface area contributed by atoms with Crippen molar-refractivity contribution in [1.29, 1.82) is 0 Å². The Morgan fingerprint density at radius 3 is 0.583 bits per heavy atom. The van der Waals surface area contributed by atoms with Crippen molar-refractivity contribution in [3.05, 3.63) is 172 Å². The molecule has 12 nitrogen and oxygen atoms in total. The molecule has 0 unspecified atom stereocenters. The lowest BCUT2D eigenvalue weighted by Gasteiger charge is -2.14. The summed E-state index contributed by atoms with van der Waals surface area (Å²) in [5.41, 5.74) is 0. The van der Waals surface area contributed by atoms with Crippen molar-refractivity contribution >= 4 is 95.6 Å². The van der Waals surface area contributed by atoms with Crippen LogP contribution in [0.15, 0.2) is 172 Å². The number of ether oxygens (including phenoxy) is 6. The Bertz CT molecular complexity index is 2330. The molecule has 300 valence electrons. The lowest BCUT2D eigenvalue weighted by Crippen LogP contribution is -2.01. The fourth-order valence-electron chi connectivity index (χ4n) is 4.71. The molecule has 0 aliphatic heterocycles.